The molecule has 0 aromatic rings. The third-order valence-electron chi connectivity index (χ3n) is 2.47. The minimum absolute atomic E-state index is 0.262. The van der Waals surface area contributed by atoms with Crippen LogP contribution in [0.2, 0.25) is 0 Å². The van der Waals surface area contributed by atoms with Crippen LogP contribution < -0.4 is 0 Å². The first-order valence-electron chi connectivity index (χ1n) is 6.68. The zero-order chi connectivity index (χ0) is 16.0. The Labute approximate surface area is 123 Å². The molecule has 0 aliphatic rings. The first-order chi connectivity index (χ1) is 8.99. The van der Waals surface area contributed by atoms with Crippen molar-refractivity contribution < 1.29 is 22.7 Å². The van der Waals surface area contributed by atoms with Crippen molar-refractivity contribution in [2.45, 2.75) is 71.6 Å². The van der Waals surface area contributed by atoms with E-state index in [9.17, 15) is 18.0 Å². The quantitative estimate of drug-likeness (QED) is 0.375. The summed E-state index contributed by atoms with van der Waals surface area (Å²) >= 11 is 5.59. The number of rotatable bonds is 6. The lowest BCUT2D eigenvalue weighted by Crippen LogP contribution is -2.26. The van der Waals surface area contributed by atoms with Gasteiger partial charge < -0.3 is 4.74 Å². The van der Waals surface area contributed by atoms with Gasteiger partial charge in [-0.1, -0.05) is 37.8 Å². The van der Waals surface area contributed by atoms with E-state index in [2.05, 4.69) is 0 Å². The number of alkyl halides is 3. The summed E-state index contributed by atoms with van der Waals surface area (Å²) in [6, 6.07) is 0. The second kappa shape index (κ2) is 7.91. The van der Waals surface area contributed by atoms with Crippen molar-refractivity contribution >= 4 is 17.6 Å². The maximum Gasteiger partial charge on any atom is 0.414 e. The minimum Gasteiger partial charge on any atom is -0.456 e. The Kier molecular flexibility index (Phi) is 7.63. The van der Waals surface area contributed by atoms with E-state index in [1.807, 2.05) is 6.92 Å². The Morgan fingerprint density at radius 3 is 2.05 bits per heavy atom. The van der Waals surface area contributed by atoms with Crippen molar-refractivity contribution in [3.8, 4) is 0 Å². The van der Waals surface area contributed by atoms with Crippen molar-refractivity contribution in [1.82, 2.24) is 0 Å². The molecule has 118 valence electrons. The minimum atomic E-state index is -4.61. The molecule has 0 rings (SSSR count). The van der Waals surface area contributed by atoms with E-state index in [1.54, 1.807) is 20.8 Å². The third kappa shape index (κ3) is 7.78. The number of allylic oxidation sites excluding steroid dienone is 1. The predicted octanol–water partition coefficient (Wildman–Crippen LogP) is 5.35. The van der Waals surface area contributed by atoms with Crippen molar-refractivity contribution in [2.24, 2.45) is 0 Å². The van der Waals surface area contributed by atoms with E-state index in [0.29, 0.717) is 12.8 Å². The van der Waals surface area contributed by atoms with Gasteiger partial charge in [0.15, 0.2) is 0 Å². The lowest BCUT2D eigenvalue weighted by atomic mass is 10.1. The van der Waals surface area contributed by atoms with Crippen LogP contribution in [0.15, 0.2) is 10.6 Å². The molecule has 0 amide bonds. The number of hydrogen-bond donors (Lipinski definition) is 0. The fourth-order valence-electron chi connectivity index (χ4n) is 1.55. The topological polar surface area (TPSA) is 26.3 Å². The first kappa shape index (κ1) is 19.3. The second-order valence-electron chi connectivity index (χ2n) is 5.60. The number of unbranched alkanes of at least 4 members (excludes halogenated alkanes) is 3. The number of carbonyl (C=O) groups is 1. The molecule has 20 heavy (non-hydrogen) atoms. The average molecular weight is 315 g/mol. The number of hydrogen-bond acceptors (Lipinski definition) is 2. The van der Waals surface area contributed by atoms with Crippen LogP contribution in [0.25, 0.3) is 0 Å². The molecule has 0 atom stereocenters. The zero-order valence-electron chi connectivity index (χ0n) is 12.4. The highest BCUT2D eigenvalue weighted by Crippen LogP contribution is 2.34. The Morgan fingerprint density at radius 2 is 1.65 bits per heavy atom. The molecule has 0 N–H and O–H groups in total. The molecule has 0 saturated carbocycles. The van der Waals surface area contributed by atoms with Crippen LogP contribution in [0.3, 0.4) is 0 Å². The smallest absolute Gasteiger partial charge is 0.414 e. The summed E-state index contributed by atoms with van der Waals surface area (Å²) < 4.78 is 43.6. The molecular formula is C14H22ClF3O2. The summed E-state index contributed by atoms with van der Waals surface area (Å²) in [6.45, 7) is 6.69. The molecule has 0 fully saturated rings. The normalized spacial score (nSPS) is 14.0. The van der Waals surface area contributed by atoms with Gasteiger partial charge in [0.25, 0.3) is 0 Å². The van der Waals surface area contributed by atoms with E-state index >= 15 is 0 Å². The number of carbonyl (C=O) groups excluding carboxylic acids is 1. The van der Waals surface area contributed by atoms with Crippen LogP contribution in [-0.4, -0.2) is 17.7 Å². The molecule has 0 bridgehead atoms. The molecule has 0 spiro atoms. The molecular weight excluding hydrogens is 293 g/mol. The predicted molar refractivity (Wildman–Crippen MR) is 73.5 cm³/mol. The van der Waals surface area contributed by atoms with Crippen molar-refractivity contribution in [3.63, 3.8) is 0 Å². The summed E-state index contributed by atoms with van der Waals surface area (Å²) in [5.41, 5.74) is -1.87. The van der Waals surface area contributed by atoms with Gasteiger partial charge in [-0.05, 0) is 33.6 Å². The van der Waals surface area contributed by atoms with Crippen LogP contribution in [0.4, 0.5) is 13.2 Å². The molecule has 0 heterocycles. The average Bonchev–Trinajstić information content (AvgIpc) is 2.24. The molecule has 0 saturated heterocycles. The molecule has 0 unspecified atom stereocenters. The van der Waals surface area contributed by atoms with Gasteiger partial charge in [-0.3, -0.25) is 0 Å². The Morgan fingerprint density at radius 1 is 1.10 bits per heavy atom. The maximum atomic E-state index is 12.9. The molecule has 6 heteroatoms. The third-order valence-corrected chi connectivity index (χ3v) is 2.85. The van der Waals surface area contributed by atoms with Crippen molar-refractivity contribution in [1.29, 1.82) is 0 Å². The lowest BCUT2D eigenvalue weighted by Gasteiger charge is -2.21. The second-order valence-corrected chi connectivity index (χ2v) is 5.98. The largest absolute Gasteiger partial charge is 0.456 e. The van der Waals surface area contributed by atoms with Gasteiger partial charge in [-0.2, -0.15) is 13.2 Å². The number of ether oxygens (including phenoxy) is 1. The first-order valence-corrected chi connectivity index (χ1v) is 7.06. The summed E-state index contributed by atoms with van der Waals surface area (Å²) in [7, 11) is 0. The summed E-state index contributed by atoms with van der Waals surface area (Å²) in [6.07, 6.45) is -2.07. The van der Waals surface area contributed by atoms with Gasteiger partial charge in [0.05, 0.1) is 5.57 Å². The molecule has 0 radical (unpaired) electrons. The van der Waals surface area contributed by atoms with Crippen LogP contribution in [0, 0.1) is 0 Å². The summed E-state index contributed by atoms with van der Waals surface area (Å²) in [4.78, 5) is 11.6. The molecule has 2 nitrogen and oxygen atoms in total. The Balaban J connectivity index is 4.98. The van der Waals surface area contributed by atoms with Crippen LogP contribution >= 0.6 is 11.6 Å². The van der Waals surface area contributed by atoms with Crippen LogP contribution in [-0.2, 0) is 9.53 Å². The van der Waals surface area contributed by atoms with E-state index in [-0.39, 0.29) is 6.42 Å². The standard InChI is InChI=1S/C14H22ClF3O2/c1-5-6-7-8-9-10(14(16,17)18)11(15)12(19)20-13(2,3)4/h5-9H2,1-4H3/b11-10-. The Hall–Kier alpha value is -0.710. The zero-order valence-corrected chi connectivity index (χ0v) is 13.1. The van der Waals surface area contributed by atoms with E-state index < -0.39 is 28.4 Å². The highest BCUT2D eigenvalue weighted by molar-refractivity contribution is 6.41. The van der Waals surface area contributed by atoms with Gasteiger partial charge in [-0.25, -0.2) is 4.79 Å². The highest BCUT2D eigenvalue weighted by atomic mass is 35.5. The monoisotopic (exact) mass is 314 g/mol. The van der Waals surface area contributed by atoms with Gasteiger partial charge in [-0.15, -0.1) is 0 Å². The molecule has 0 aliphatic heterocycles. The van der Waals surface area contributed by atoms with Gasteiger partial charge >= 0.3 is 12.1 Å². The van der Waals surface area contributed by atoms with E-state index in [1.165, 1.54) is 0 Å². The highest BCUT2D eigenvalue weighted by Gasteiger charge is 2.38. The Bertz CT molecular complexity index is 354. The summed E-state index contributed by atoms with van der Waals surface area (Å²) in [5.74, 6) is -1.12. The van der Waals surface area contributed by atoms with Crippen LogP contribution in [0.5, 0.6) is 0 Å². The number of halogens is 4. The van der Waals surface area contributed by atoms with Gasteiger partial charge in [0.1, 0.15) is 10.6 Å². The molecule has 0 aromatic carbocycles. The van der Waals surface area contributed by atoms with Gasteiger partial charge in [0, 0.05) is 0 Å². The van der Waals surface area contributed by atoms with Crippen molar-refractivity contribution in [2.75, 3.05) is 0 Å². The molecule has 0 aliphatic carbocycles. The van der Waals surface area contributed by atoms with Crippen LogP contribution in [0.1, 0.15) is 59.8 Å². The molecule has 0 aromatic heterocycles. The lowest BCUT2D eigenvalue weighted by molar-refractivity contribution is -0.150. The van der Waals surface area contributed by atoms with E-state index in [4.69, 9.17) is 16.3 Å². The maximum absolute atomic E-state index is 12.9. The van der Waals surface area contributed by atoms with Gasteiger partial charge in [0.2, 0.25) is 0 Å². The SMILES string of the molecule is CCCCCC/C(=C(/Cl)C(=O)OC(C)(C)C)C(F)(F)F. The number of esters is 1. The van der Waals surface area contributed by atoms with Crippen molar-refractivity contribution in [3.05, 3.63) is 10.6 Å². The summed E-state index contributed by atoms with van der Waals surface area (Å²) in [5, 5.41) is -0.857. The fraction of sp³-hybridized carbons (Fsp3) is 0.786. The van der Waals surface area contributed by atoms with E-state index in [0.717, 1.165) is 12.8 Å². The fourth-order valence-corrected chi connectivity index (χ4v) is 1.79.